The normalized spacial score (nSPS) is 35.8. The van der Waals surface area contributed by atoms with Crippen LogP contribution in [0.2, 0.25) is 0 Å². The molecule has 3 saturated heterocycles. The third kappa shape index (κ3) is 2.81. The molecule has 4 nitrogen and oxygen atoms in total. The molecule has 5 heteroatoms. The first kappa shape index (κ1) is 14.1. The third-order valence-corrected chi connectivity index (χ3v) is 4.61. The number of nitrogens with one attached hydrogen (secondary N) is 1. The molecule has 0 saturated carbocycles. The fourth-order valence-corrected chi connectivity index (χ4v) is 3.43. The van der Waals surface area contributed by atoms with Gasteiger partial charge in [-0.05, 0) is 44.2 Å². The number of carbonyl (C=O) groups is 1. The SMILES string of the molecule is Cl.O=C(C1CCOC1)N1CC[C@@H]2CNC[C@@H]2CC1. The molecule has 3 atom stereocenters. The summed E-state index contributed by atoms with van der Waals surface area (Å²) < 4.78 is 5.32. The smallest absolute Gasteiger partial charge is 0.228 e. The lowest BCUT2D eigenvalue weighted by molar-refractivity contribution is -0.135. The molecular formula is C13H23ClN2O2. The Bertz CT molecular complexity index is 281. The summed E-state index contributed by atoms with van der Waals surface area (Å²) in [5, 5.41) is 3.47. The van der Waals surface area contributed by atoms with E-state index in [9.17, 15) is 4.79 Å². The molecule has 0 spiro atoms. The van der Waals surface area contributed by atoms with Gasteiger partial charge in [0.25, 0.3) is 0 Å². The van der Waals surface area contributed by atoms with E-state index in [2.05, 4.69) is 10.2 Å². The van der Waals surface area contributed by atoms with Crippen LogP contribution in [0.5, 0.6) is 0 Å². The van der Waals surface area contributed by atoms with Gasteiger partial charge in [0, 0.05) is 19.7 Å². The molecule has 0 aromatic heterocycles. The second kappa shape index (κ2) is 6.22. The number of likely N-dealkylation sites (tertiary alicyclic amines) is 1. The summed E-state index contributed by atoms with van der Waals surface area (Å²) in [5.74, 6) is 2.08. The number of hydrogen-bond acceptors (Lipinski definition) is 3. The van der Waals surface area contributed by atoms with Gasteiger partial charge in [0.05, 0.1) is 12.5 Å². The molecule has 1 amide bonds. The van der Waals surface area contributed by atoms with E-state index < -0.39 is 0 Å². The minimum absolute atomic E-state index is 0. The molecule has 0 aromatic rings. The Kier molecular flexibility index (Phi) is 4.87. The molecule has 3 fully saturated rings. The van der Waals surface area contributed by atoms with E-state index in [-0.39, 0.29) is 18.3 Å². The van der Waals surface area contributed by atoms with Crippen LogP contribution < -0.4 is 5.32 Å². The Balaban J connectivity index is 0.00000120. The van der Waals surface area contributed by atoms with Gasteiger partial charge in [0.15, 0.2) is 0 Å². The molecule has 104 valence electrons. The summed E-state index contributed by atoms with van der Waals surface area (Å²) in [7, 11) is 0. The van der Waals surface area contributed by atoms with Gasteiger partial charge in [-0.2, -0.15) is 0 Å². The van der Waals surface area contributed by atoms with Crippen molar-refractivity contribution >= 4 is 18.3 Å². The second-order valence-electron chi connectivity index (χ2n) is 5.64. The second-order valence-corrected chi connectivity index (χ2v) is 5.64. The van der Waals surface area contributed by atoms with Crippen LogP contribution in [0.4, 0.5) is 0 Å². The maximum atomic E-state index is 12.3. The van der Waals surface area contributed by atoms with Crippen LogP contribution in [0.1, 0.15) is 19.3 Å². The highest BCUT2D eigenvalue weighted by molar-refractivity contribution is 5.85. The van der Waals surface area contributed by atoms with Gasteiger partial charge in [0.2, 0.25) is 5.91 Å². The number of fused-ring (bicyclic) bond motifs is 1. The van der Waals surface area contributed by atoms with E-state index in [4.69, 9.17) is 4.74 Å². The number of hydrogen-bond donors (Lipinski definition) is 1. The van der Waals surface area contributed by atoms with Crippen LogP contribution in [0.25, 0.3) is 0 Å². The molecule has 0 aromatic carbocycles. The lowest BCUT2D eigenvalue weighted by atomic mass is 9.92. The van der Waals surface area contributed by atoms with E-state index in [1.807, 2.05) is 0 Å². The lowest BCUT2D eigenvalue weighted by Crippen LogP contribution is -2.37. The summed E-state index contributed by atoms with van der Waals surface area (Å²) in [5.41, 5.74) is 0. The van der Waals surface area contributed by atoms with Crippen LogP contribution in [-0.2, 0) is 9.53 Å². The Labute approximate surface area is 115 Å². The van der Waals surface area contributed by atoms with Crippen molar-refractivity contribution in [2.45, 2.75) is 19.3 Å². The molecule has 3 rings (SSSR count). The molecule has 3 aliphatic rings. The minimum atomic E-state index is 0. The van der Waals surface area contributed by atoms with E-state index in [1.165, 1.54) is 12.8 Å². The lowest BCUT2D eigenvalue weighted by Gasteiger charge is -2.23. The highest BCUT2D eigenvalue weighted by Crippen LogP contribution is 2.28. The Hall–Kier alpha value is -0.320. The summed E-state index contributed by atoms with van der Waals surface area (Å²) in [4.78, 5) is 14.4. The molecule has 18 heavy (non-hydrogen) atoms. The van der Waals surface area contributed by atoms with Gasteiger partial charge in [-0.25, -0.2) is 0 Å². The number of rotatable bonds is 1. The van der Waals surface area contributed by atoms with Crippen molar-refractivity contribution in [2.75, 3.05) is 39.4 Å². The maximum Gasteiger partial charge on any atom is 0.228 e. The number of ether oxygens (including phenoxy) is 1. The quantitative estimate of drug-likeness (QED) is 0.773. The fraction of sp³-hybridized carbons (Fsp3) is 0.923. The Morgan fingerprint density at radius 3 is 2.33 bits per heavy atom. The Morgan fingerprint density at radius 1 is 1.11 bits per heavy atom. The van der Waals surface area contributed by atoms with Crippen molar-refractivity contribution in [2.24, 2.45) is 17.8 Å². The predicted octanol–water partition coefficient (Wildman–Crippen LogP) is 0.903. The summed E-state index contributed by atoms with van der Waals surface area (Å²) in [6, 6.07) is 0. The van der Waals surface area contributed by atoms with Crippen LogP contribution in [0, 0.1) is 17.8 Å². The number of nitrogens with zero attached hydrogens (tertiary/aromatic N) is 1. The highest BCUT2D eigenvalue weighted by atomic mass is 35.5. The van der Waals surface area contributed by atoms with Crippen molar-refractivity contribution in [1.29, 1.82) is 0 Å². The molecule has 1 unspecified atom stereocenters. The van der Waals surface area contributed by atoms with E-state index >= 15 is 0 Å². The molecule has 3 aliphatic heterocycles. The first-order valence-corrected chi connectivity index (χ1v) is 6.92. The van der Waals surface area contributed by atoms with Gasteiger partial charge in [-0.15, -0.1) is 12.4 Å². The van der Waals surface area contributed by atoms with Gasteiger partial charge in [-0.3, -0.25) is 4.79 Å². The topological polar surface area (TPSA) is 41.6 Å². The van der Waals surface area contributed by atoms with Gasteiger partial charge in [-0.1, -0.05) is 0 Å². The van der Waals surface area contributed by atoms with E-state index in [0.717, 1.165) is 51.0 Å². The van der Waals surface area contributed by atoms with E-state index in [0.29, 0.717) is 12.5 Å². The molecule has 0 bridgehead atoms. The zero-order valence-corrected chi connectivity index (χ0v) is 11.6. The van der Waals surface area contributed by atoms with Crippen molar-refractivity contribution in [3.63, 3.8) is 0 Å². The van der Waals surface area contributed by atoms with E-state index in [1.54, 1.807) is 0 Å². The largest absolute Gasteiger partial charge is 0.381 e. The number of halogens is 1. The van der Waals surface area contributed by atoms with Crippen molar-refractivity contribution in [3.8, 4) is 0 Å². The number of carbonyl (C=O) groups excluding carboxylic acids is 1. The highest BCUT2D eigenvalue weighted by Gasteiger charge is 2.34. The molecule has 0 radical (unpaired) electrons. The van der Waals surface area contributed by atoms with Crippen molar-refractivity contribution in [3.05, 3.63) is 0 Å². The van der Waals surface area contributed by atoms with Crippen LogP contribution >= 0.6 is 12.4 Å². The Morgan fingerprint density at radius 2 is 1.78 bits per heavy atom. The number of amides is 1. The van der Waals surface area contributed by atoms with Crippen molar-refractivity contribution < 1.29 is 9.53 Å². The summed E-state index contributed by atoms with van der Waals surface area (Å²) in [6.45, 7) is 5.62. The third-order valence-electron chi connectivity index (χ3n) is 4.61. The summed E-state index contributed by atoms with van der Waals surface area (Å²) in [6.07, 6.45) is 3.28. The zero-order valence-electron chi connectivity index (χ0n) is 10.8. The molecule has 3 heterocycles. The zero-order chi connectivity index (χ0) is 11.7. The first-order chi connectivity index (χ1) is 8.34. The molecule has 0 aliphatic carbocycles. The van der Waals surface area contributed by atoms with Gasteiger partial charge in [0.1, 0.15) is 0 Å². The van der Waals surface area contributed by atoms with Gasteiger partial charge >= 0.3 is 0 Å². The van der Waals surface area contributed by atoms with Crippen LogP contribution in [0.3, 0.4) is 0 Å². The maximum absolute atomic E-state index is 12.3. The van der Waals surface area contributed by atoms with Crippen molar-refractivity contribution in [1.82, 2.24) is 10.2 Å². The molecule has 1 N–H and O–H groups in total. The monoisotopic (exact) mass is 274 g/mol. The first-order valence-electron chi connectivity index (χ1n) is 6.92. The molecular weight excluding hydrogens is 252 g/mol. The van der Waals surface area contributed by atoms with Crippen LogP contribution in [-0.4, -0.2) is 50.2 Å². The average molecular weight is 275 g/mol. The van der Waals surface area contributed by atoms with Crippen LogP contribution in [0.15, 0.2) is 0 Å². The summed E-state index contributed by atoms with van der Waals surface area (Å²) >= 11 is 0. The fourth-order valence-electron chi connectivity index (χ4n) is 3.43. The minimum Gasteiger partial charge on any atom is -0.381 e. The van der Waals surface area contributed by atoms with Gasteiger partial charge < -0.3 is 15.0 Å². The predicted molar refractivity (Wildman–Crippen MR) is 71.8 cm³/mol. The standard InChI is InChI=1S/C13H22N2O2.ClH/c16-13(12-3-6-17-9-12)15-4-1-10-7-14-8-11(10)2-5-15;/h10-12,14H,1-9H2;1H/t10-,11+,12?;. The average Bonchev–Trinajstić information content (AvgIpc) is 2.97.